The molecule has 2 aromatic carbocycles. The van der Waals surface area contributed by atoms with Crippen LogP contribution in [0.3, 0.4) is 0 Å². The molecule has 4 N–H and O–H groups in total. The number of hydrazine groups is 2. The fourth-order valence-corrected chi connectivity index (χ4v) is 3.29. The Labute approximate surface area is 159 Å². The van der Waals surface area contributed by atoms with Gasteiger partial charge in [0.25, 0.3) is 0 Å². The van der Waals surface area contributed by atoms with Gasteiger partial charge in [0.15, 0.2) is 0 Å². The van der Waals surface area contributed by atoms with Crippen LogP contribution in [-0.2, 0) is 13.0 Å². The van der Waals surface area contributed by atoms with E-state index in [4.69, 9.17) is 16.4 Å². The zero-order chi connectivity index (χ0) is 19.3. The van der Waals surface area contributed by atoms with E-state index in [1.807, 2.05) is 30.5 Å². The second-order valence-corrected chi connectivity index (χ2v) is 6.82. The highest BCUT2D eigenvalue weighted by Gasteiger charge is 2.20. The average Bonchev–Trinajstić information content (AvgIpc) is 2.65. The summed E-state index contributed by atoms with van der Waals surface area (Å²) < 4.78 is 6.09. The van der Waals surface area contributed by atoms with Crippen molar-refractivity contribution in [1.82, 2.24) is 5.01 Å². The molecule has 0 aliphatic heterocycles. The molecule has 2 aromatic rings. The van der Waals surface area contributed by atoms with E-state index in [9.17, 15) is 4.79 Å². The number of nitrogens with two attached hydrogens (primary N) is 2. The zero-order valence-corrected chi connectivity index (χ0v) is 16.5. The van der Waals surface area contributed by atoms with E-state index in [0.29, 0.717) is 12.3 Å². The molecule has 6 nitrogen and oxygen atoms in total. The van der Waals surface area contributed by atoms with E-state index >= 15 is 0 Å². The predicted molar refractivity (Wildman–Crippen MR) is 107 cm³/mol. The van der Waals surface area contributed by atoms with Crippen molar-refractivity contribution in [2.24, 2.45) is 11.7 Å². The van der Waals surface area contributed by atoms with E-state index in [1.165, 1.54) is 12.6 Å². The van der Waals surface area contributed by atoms with Gasteiger partial charge in [-0.2, -0.15) is 0 Å². The van der Waals surface area contributed by atoms with Crippen molar-refractivity contribution in [1.29, 1.82) is 0 Å². The monoisotopic (exact) mass is 374 g/mol. The summed E-state index contributed by atoms with van der Waals surface area (Å²) in [5, 5.41) is 2.00. The topological polar surface area (TPSA) is 84.8 Å². The van der Waals surface area contributed by atoms with E-state index in [0.717, 1.165) is 38.2 Å². The highest BCUT2D eigenvalue weighted by Crippen LogP contribution is 2.31. The molecule has 0 fully saturated rings. The average molecular weight is 375 g/mol. The summed E-state index contributed by atoms with van der Waals surface area (Å²) in [4.78, 5) is 13.2. The molecule has 0 unspecified atom stereocenters. The molecule has 0 atom stereocenters. The molecule has 0 saturated heterocycles. The highest BCUT2D eigenvalue weighted by atomic mass is 32.2. The lowest BCUT2D eigenvalue weighted by Crippen LogP contribution is -2.49. The number of benzene rings is 2. The summed E-state index contributed by atoms with van der Waals surface area (Å²) in [7, 11) is 1.45. The molecular formula is C19H26N4O2S. The molecule has 0 spiro atoms. The van der Waals surface area contributed by atoms with Crippen LogP contribution < -0.4 is 21.4 Å². The minimum Gasteiger partial charge on any atom is -0.489 e. The minimum atomic E-state index is -0.505. The number of ether oxygens (including phenoxy) is 1. The van der Waals surface area contributed by atoms with Gasteiger partial charge in [0.05, 0.1) is 5.69 Å². The Hall–Kier alpha value is -2.22. The van der Waals surface area contributed by atoms with Crippen molar-refractivity contribution < 1.29 is 9.53 Å². The molecule has 0 heterocycles. The third-order valence-corrected chi connectivity index (χ3v) is 4.89. The third kappa shape index (κ3) is 4.49. The van der Waals surface area contributed by atoms with Crippen molar-refractivity contribution in [3.63, 3.8) is 0 Å². The largest absolute Gasteiger partial charge is 0.489 e. The maximum absolute atomic E-state index is 12.2. The lowest BCUT2D eigenvalue weighted by Gasteiger charge is -2.24. The summed E-state index contributed by atoms with van der Waals surface area (Å²) in [6.45, 7) is 4.46. The Morgan fingerprint density at radius 3 is 2.58 bits per heavy atom. The first kappa shape index (κ1) is 20.1. The van der Waals surface area contributed by atoms with Gasteiger partial charge < -0.3 is 4.74 Å². The van der Waals surface area contributed by atoms with Crippen LogP contribution in [-0.4, -0.2) is 24.3 Å². The van der Waals surface area contributed by atoms with Crippen molar-refractivity contribution in [2.45, 2.75) is 31.8 Å². The quantitative estimate of drug-likeness (QED) is 0.350. The van der Waals surface area contributed by atoms with Crippen LogP contribution in [0.1, 0.15) is 23.6 Å². The number of hydrogen-bond acceptors (Lipinski definition) is 5. The number of carbonyl (C=O) groups excluding carboxylic acids is 1. The fraction of sp³-hybridized carbons (Fsp3) is 0.316. The van der Waals surface area contributed by atoms with E-state index in [-0.39, 0.29) is 0 Å². The zero-order valence-electron chi connectivity index (χ0n) is 15.7. The van der Waals surface area contributed by atoms with Crippen LogP contribution in [0.5, 0.6) is 5.75 Å². The normalized spacial score (nSPS) is 10.5. The van der Waals surface area contributed by atoms with Crippen LogP contribution in [0.4, 0.5) is 10.5 Å². The molecule has 26 heavy (non-hydrogen) atoms. The first-order valence-corrected chi connectivity index (χ1v) is 9.56. The van der Waals surface area contributed by atoms with Gasteiger partial charge in [-0.05, 0) is 43.4 Å². The van der Waals surface area contributed by atoms with Gasteiger partial charge >= 0.3 is 6.03 Å². The molecule has 140 valence electrons. The SMILES string of the molecule is CCc1cc(C)ccc1OCc1c(SC)cccc1N(N)C(=O)N(C)N. The summed E-state index contributed by atoms with van der Waals surface area (Å²) in [6.07, 6.45) is 2.86. The molecule has 2 amide bonds. The molecule has 0 aliphatic carbocycles. The molecule has 2 rings (SSSR count). The Bertz CT molecular complexity index is 780. The number of anilines is 1. The predicted octanol–water partition coefficient (Wildman–Crippen LogP) is 3.46. The second kappa shape index (κ2) is 8.93. The molecular weight excluding hydrogens is 348 g/mol. The Morgan fingerprint density at radius 1 is 1.23 bits per heavy atom. The highest BCUT2D eigenvalue weighted by molar-refractivity contribution is 7.98. The standard InChI is InChI=1S/C19H26N4O2S/c1-5-14-11-13(2)9-10-17(14)25-12-15-16(7-6-8-18(15)26-4)23(21)19(24)22(3)20/h6-11H,5,12,20-21H2,1-4H3. The van der Waals surface area contributed by atoms with Gasteiger partial charge in [-0.15, -0.1) is 11.8 Å². The van der Waals surface area contributed by atoms with Gasteiger partial charge in [-0.1, -0.05) is 30.7 Å². The maximum Gasteiger partial charge on any atom is 0.352 e. The lowest BCUT2D eigenvalue weighted by molar-refractivity contribution is 0.216. The van der Waals surface area contributed by atoms with Gasteiger partial charge in [0.1, 0.15) is 12.4 Å². The first-order valence-electron chi connectivity index (χ1n) is 8.34. The fourth-order valence-electron chi connectivity index (χ4n) is 2.66. The van der Waals surface area contributed by atoms with E-state index in [2.05, 4.69) is 19.9 Å². The van der Waals surface area contributed by atoms with E-state index < -0.39 is 6.03 Å². The van der Waals surface area contributed by atoms with Crippen LogP contribution in [0.2, 0.25) is 0 Å². The number of carbonyl (C=O) groups is 1. The molecule has 0 radical (unpaired) electrons. The lowest BCUT2D eigenvalue weighted by atomic mass is 10.1. The van der Waals surface area contributed by atoms with Crippen molar-refractivity contribution in [2.75, 3.05) is 18.3 Å². The van der Waals surface area contributed by atoms with Gasteiger partial charge in [0, 0.05) is 17.5 Å². The molecule has 7 heteroatoms. The Morgan fingerprint density at radius 2 is 1.96 bits per heavy atom. The summed E-state index contributed by atoms with van der Waals surface area (Å²) in [5.41, 5.74) is 3.77. The number of hydrogen-bond donors (Lipinski definition) is 2. The molecule has 0 aliphatic rings. The van der Waals surface area contributed by atoms with Gasteiger partial charge in [-0.25, -0.2) is 21.5 Å². The number of urea groups is 1. The second-order valence-electron chi connectivity index (χ2n) is 5.97. The van der Waals surface area contributed by atoms with Crippen molar-refractivity contribution >= 4 is 23.5 Å². The van der Waals surface area contributed by atoms with Crippen LogP contribution >= 0.6 is 11.8 Å². The third-order valence-electron chi connectivity index (χ3n) is 4.06. The minimum absolute atomic E-state index is 0.303. The van der Waals surface area contributed by atoms with Crippen LogP contribution in [0, 0.1) is 6.92 Å². The summed E-state index contributed by atoms with van der Waals surface area (Å²) in [5.74, 6) is 12.4. The van der Waals surface area contributed by atoms with Crippen molar-refractivity contribution in [3.8, 4) is 5.75 Å². The summed E-state index contributed by atoms with van der Waals surface area (Å²) >= 11 is 1.58. The molecule has 0 saturated carbocycles. The van der Waals surface area contributed by atoms with Crippen LogP contribution in [0.15, 0.2) is 41.3 Å². The number of aryl methyl sites for hydroxylation is 2. The number of rotatable bonds is 6. The van der Waals surface area contributed by atoms with Crippen molar-refractivity contribution in [3.05, 3.63) is 53.1 Å². The maximum atomic E-state index is 12.2. The summed E-state index contributed by atoms with van der Waals surface area (Å²) in [6, 6.07) is 11.3. The smallest absolute Gasteiger partial charge is 0.352 e. The van der Waals surface area contributed by atoms with Crippen LogP contribution in [0.25, 0.3) is 0 Å². The Balaban J connectivity index is 2.35. The number of nitrogens with zero attached hydrogens (tertiary/aromatic N) is 2. The number of amides is 2. The van der Waals surface area contributed by atoms with Gasteiger partial charge in [0.2, 0.25) is 0 Å². The first-order chi connectivity index (χ1) is 12.4. The molecule has 0 bridgehead atoms. The van der Waals surface area contributed by atoms with Gasteiger partial charge in [-0.3, -0.25) is 5.01 Å². The Kier molecular flexibility index (Phi) is 6.90. The molecule has 0 aromatic heterocycles. The number of thioether (sulfide) groups is 1. The van der Waals surface area contributed by atoms with E-state index in [1.54, 1.807) is 17.8 Å².